The lowest BCUT2D eigenvalue weighted by molar-refractivity contribution is -0.132. The van der Waals surface area contributed by atoms with Gasteiger partial charge in [0.25, 0.3) is 11.7 Å². The summed E-state index contributed by atoms with van der Waals surface area (Å²) < 4.78 is 11.3. The van der Waals surface area contributed by atoms with Crippen LogP contribution in [0.3, 0.4) is 0 Å². The van der Waals surface area contributed by atoms with E-state index in [-0.39, 0.29) is 11.3 Å². The van der Waals surface area contributed by atoms with Crippen LogP contribution in [0.2, 0.25) is 0 Å². The van der Waals surface area contributed by atoms with Crippen molar-refractivity contribution in [2.24, 2.45) is 0 Å². The minimum absolute atomic E-state index is 0.0139. The molecule has 1 N–H and O–H groups in total. The Hall–Kier alpha value is -4.06. The number of Topliss-reactive ketones (excluding diaryl/α,β-unsaturated/α-hetero) is 1. The first-order valence-corrected chi connectivity index (χ1v) is 11.2. The number of aliphatic hydroxyl groups is 1. The molecule has 0 bridgehead atoms. The molecule has 0 aliphatic carbocycles. The lowest BCUT2D eigenvalue weighted by atomic mass is 9.94. The number of nitrogens with zero attached hydrogens (tertiary/aromatic N) is 1. The van der Waals surface area contributed by atoms with Crippen molar-refractivity contribution in [1.82, 2.24) is 0 Å². The number of para-hydroxylation sites is 2. The number of rotatable bonds is 7. The molecule has 3 aromatic carbocycles. The van der Waals surface area contributed by atoms with Gasteiger partial charge in [0, 0.05) is 16.8 Å². The highest BCUT2D eigenvalue weighted by Crippen LogP contribution is 2.44. The predicted molar refractivity (Wildman–Crippen MR) is 131 cm³/mol. The van der Waals surface area contributed by atoms with E-state index < -0.39 is 17.7 Å². The zero-order valence-electron chi connectivity index (χ0n) is 19.4. The molecule has 1 heterocycles. The van der Waals surface area contributed by atoms with E-state index in [0.717, 1.165) is 12.0 Å². The maximum absolute atomic E-state index is 13.3. The third-order valence-corrected chi connectivity index (χ3v) is 5.82. The minimum Gasteiger partial charge on any atom is -0.507 e. The molecule has 6 nitrogen and oxygen atoms in total. The first kappa shape index (κ1) is 23.1. The molecular weight excluding hydrogens is 430 g/mol. The summed E-state index contributed by atoms with van der Waals surface area (Å²) in [7, 11) is 1.53. The van der Waals surface area contributed by atoms with Crippen molar-refractivity contribution in [3.8, 4) is 11.5 Å². The lowest BCUT2D eigenvalue weighted by Gasteiger charge is -2.26. The van der Waals surface area contributed by atoms with Crippen LogP contribution in [-0.4, -0.2) is 30.5 Å². The predicted octanol–water partition coefficient (Wildman–Crippen LogP) is 5.42. The quantitative estimate of drug-likeness (QED) is 0.291. The van der Waals surface area contributed by atoms with Gasteiger partial charge in [-0.2, -0.15) is 0 Å². The van der Waals surface area contributed by atoms with Crippen molar-refractivity contribution < 1.29 is 24.2 Å². The fourth-order valence-corrected chi connectivity index (χ4v) is 4.20. The summed E-state index contributed by atoms with van der Waals surface area (Å²) in [4.78, 5) is 28.0. The van der Waals surface area contributed by atoms with Gasteiger partial charge in [0.1, 0.15) is 17.3 Å². The van der Waals surface area contributed by atoms with Gasteiger partial charge in [-0.25, -0.2) is 0 Å². The Kier molecular flexibility index (Phi) is 6.68. The van der Waals surface area contributed by atoms with E-state index >= 15 is 0 Å². The summed E-state index contributed by atoms with van der Waals surface area (Å²) >= 11 is 0. The summed E-state index contributed by atoms with van der Waals surface area (Å²) in [5, 5.41) is 11.4. The monoisotopic (exact) mass is 457 g/mol. The zero-order chi connectivity index (χ0) is 24.2. The summed E-state index contributed by atoms with van der Waals surface area (Å²) in [6.07, 6.45) is 0.878. The van der Waals surface area contributed by atoms with Gasteiger partial charge in [0.2, 0.25) is 0 Å². The van der Waals surface area contributed by atoms with E-state index in [1.165, 1.54) is 12.0 Å². The Balaban J connectivity index is 1.90. The second-order valence-corrected chi connectivity index (χ2v) is 8.08. The smallest absolute Gasteiger partial charge is 0.300 e. The Morgan fingerprint density at radius 1 is 0.971 bits per heavy atom. The summed E-state index contributed by atoms with van der Waals surface area (Å²) in [5.41, 5.74) is 2.43. The van der Waals surface area contributed by atoms with Crippen LogP contribution in [0.25, 0.3) is 5.76 Å². The van der Waals surface area contributed by atoms with E-state index in [0.29, 0.717) is 34.9 Å². The van der Waals surface area contributed by atoms with Crippen molar-refractivity contribution in [1.29, 1.82) is 0 Å². The number of hydrogen-bond acceptors (Lipinski definition) is 5. The van der Waals surface area contributed by atoms with E-state index in [4.69, 9.17) is 9.47 Å². The number of aliphatic hydroxyl groups excluding tert-OH is 1. The average Bonchev–Trinajstić information content (AvgIpc) is 3.13. The van der Waals surface area contributed by atoms with Gasteiger partial charge < -0.3 is 14.6 Å². The third-order valence-electron chi connectivity index (χ3n) is 5.82. The number of methoxy groups -OCH3 is 1. The van der Waals surface area contributed by atoms with Gasteiger partial charge in [-0.15, -0.1) is 0 Å². The van der Waals surface area contributed by atoms with Crippen LogP contribution in [0.5, 0.6) is 11.5 Å². The molecule has 0 radical (unpaired) electrons. The molecular formula is C28H27NO5. The number of carbonyl (C=O) groups is 2. The Bertz CT molecular complexity index is 1250. The largest absolute Gasteiger partial charge is 0.507 e. The van der Waals surface area contributed by atoms with Gasteiger partial charge >= 0.3 is 0 Å². The van der Waals surface area contributed by atoms with E-state index in [9.17, 15) is 14.7 Å². The van der Waals surface area contributed by atoms with Crippen LogP contribution in [-0.2, 0) is 9.59 Å². The fraction of sp³-hybridized carbons (Fsp3) is 0.214. The van der Waals surface area contributed by atoms with Crippen molar-refractivity contribution >= 4 is 23.1 Å². The standard InChI is InChI=1S/C28H27NO5/c1-4-16-34-22-15-14-19(17-18(22)2)26(30)24-25(21-12-8-9-13-23(21)33-3)29(28(32)27(24)31)20-10-6-5-7-11-20/h5-15,17,25,30H,4,16H2,1-3H3/b26-24+. The molecule has 0 aromatic heterocycles. The second kappa shape index (κ2) is 9.83. The third kappa shape index (κ3) is 4.15. The molecule has 1 saturated heterocycles. The van der Waals surface area contributed by atoms with Crippen LogP contribution in [0.1, 0.15) is 36.1 Å². The number of amides is 1. The molecule has 1 aliphatic heterocycles. The molecule has 1 amide bonds. The van der Waals surface area contributed by atoms with Gasteiger partial charge in [-0.3, -0.25) is 14.5 Å². The number of aryl methyl sites for hydroxylation is 1. The normalized spacial score (nSPS) is 17.1. The highest BCUT2D eigenvalue weighted by molar-refractivity contribution is 6.51. The van der Waals surface area contributed by atoms with Crippen LogP contribution < -0.4 is 14.4 Å². The first-order chi connectivity index (χ1) is 16.5. The number of ether oxygens (including phenoxy) is 2. The Morgan fingerprint density at radius 3 is 2.35 bits per heavy atom. The highest BCUT2D eigenvalue weighted by atomic mass is 16.5. The molecule has 3 aromatic rings. The van der Waals surface area contributed by atoms with Crippen molar-refractivity contribution in [2.75, 3.05) is 18.6 Å². The Labute approximate surface area is 199 Å². The number of anilines is 1. The molecule has 34 heavy (non-hydrogen) atoms. The van der Waals surface area contributed by atoms with Gasteiger partial charge in [0.05, 0.1) is 25.3 Å². The van der Waals surface area contributed by atoms with Crippen LogP contribution >= 0.6 is 0 Å². The van der Waals surface area contributed by atoms with Crippen LogP contribution in [0.4, 0.5) is 5.69 Å². The molecule has 1 unspecified atom stereocenters. The van der Waals surface area contributed by atoms with E-state index in [1.54, 1.807) is 54.6 Å². The maximum atomic E-state index is 13.3. The summed E-state index contributed by atoms with van der Waals surface area (Å²) in [6.45, 7) is 4.49. The van der Waals surface area contributed by atoms with Gasteiger partial charge in [-0.05, 0) is 55.3 Å². The maximum Gasteiger partial charge on any atom is 0.300 e. The van der Waals surface area contributed by atoms with Crippen LogP contribution in [0, 0.1) is 6.92 Å². The molecule has 0 saturated carbocycles. The van der Waals surface area contributed by atoms with Crippen molar-refractivity contribution in [3.63, 3.8) is 0 Å². The molecule has 6 heteroatoms. The molecule has 1 fully saturated rings. The average molecular weight is 458 g/mol. The van der Waals surface area contributed by atoms with E-state index in [2.05, 4.69) is 0 Å². The zero-order valence-corrected chi connectivity index (χ0v) is 19.4. The minimum atomic E-state index is -0.852. The SMILES string of the molecule is CCCOc1ccc(/C(O)=C2\C(=O)C(=O)N(c3ccccc3)C2c2ccccc2OC)cc1C. The van der Waals surface area contributed by atoms with Crippen molar-refractivity contribution in [2.45, 2.75) is 26.3 Å². The topological polar surface area (TPSA) is 76.1 Å². The first-order valence-electron chi connectivity index (χ1n) is 11.2. The van der Waals surface area contributed by atoms with Gasteiger partial charge in [-0.1, -0.05) is 43.3 Å². The highest BCUT2D eigenvalue weighted by Gasteiger charge is 2.47. The molecule has 1 aliphatic rings. The number of hydrogen-bond donors (Lipinski definition) is 1. The molecule has 4 rings (SSSR count). The van der Waals surface area contributed by atoms with E-state index in [1.807, 2.05) is 32.0 Å². The van der Waals surface area contributed by atoms with Gasteiger partial charge in [0.15, 0.2) is 0 Å². The second-order valence-electron chi connectivity index (χ2n) is 8.08. The molecule has 0 spiro atoms. The summed E-state index contributed by atoms with van der Waals surface area (Å²) in [6, 6.07) is 20.5. The molecule has 174 valence electrons. The number of carbonyl (C=O) groups excluding carboxylic acids is 2. The summed E-state index contributed by atoms with van der Waals surface area (Å²) in [5.74, 6) is -0.465. The van der Waals surface area contributed by atoms with Crippen molar-refractivity contribution in [3.05, 3.63) is 95.1 Å². The molecule has 1 atom stereocenters. The van der Waals surface area contributed by atoms with Crippen LogP contribution in [0.15, 0.2) is 78.4 Å². The fourth-order valence-electron chi connectivity index (χ4n) is 4.20. The number of ketones is 1. The number of benzene rings is 3. The Morgan fingerprint density at radius 2 is 1.68 bits per heavy atom. The lowest BCUT2D eigenvalue weighted by Crippen LogP contribution is -2.29.